The van der Waals surface area contributed by atoms with E-state index in [-0.39, 0.29) is 0 Å². The maximum atomic E-state index is 5.99. The van der Waals surface area contributed by atoms with Gasteiger partial charge in [-0.05, 0) is 66.9 Å². The summed E-state index contributed by atoms with van der Waals surface area (Å²) in [4.78, 5) is 6.72. The van der Waals surface area contributed by atoms with E-state index in [0.29, 0.717) is 6.04 Å². The van der Waals surface area contributed by atoms with Gasteiger partial charge in [0.15, 0.2) is 0 Å². The highest BCUT2D eigenvalue weighted by atomic mass is 16.5. The summed E-state index contributed by atoms with van der Waals surface area (Å²) in [6, 6.07) is 17.6. The Morgan fingerprint density at radius 1 is 1.08 bits per heavy atom. The van der Waals surface area contributed by atoms with E-state index in [4.69, 9.17) is 4.74 Å². The highest BCUT2D eigenvalue weighted by Crippen LogP contribution is 2.26. The predicted octanol–water partition coefficient (Wildman–Crippen LogP) is 4.76. The summed E-state index contributed by atoms with van der Waals surface area (Å²) in [5.74, 6) is 0.952. The van der Waals surface area contributed by atoms with Gasteiger partial charge < -0.3 is 4.74 Å². The molecule has 1 aromatic heterocycles. The molecule has 1 aliphatic heterocycles. The molecule has 1 fully saturated rings. The van der Waals surface area contributed by atoms with E-state index in [1.54, 1.807) is 6.20 Å². The maximum absolute atomic E-state index is 5.99. The van der Waals surface area contributed by atoms with Crippen LogP contribution in [-0.2, 0) is 0 Å². The number of fused-ring (bicyclic) bond motifs is 1. The smallest absolute Gasteiger partial charge is 0.120 e. The van der Waals surface area contributed by atoms with Crippen LogP contribution >= 0.6 is 0 Å². The molecule has 0 aliphatic carbocycles. The van der Waals surface area contributed by atoms with Crippen molar-refractivity contribution < 1.29 is 4.74 Å². The van der Waals surface area contributed by atoms with Crippen molar-refractivity contribution in [1.82, 2.24) is 9.88 Å². The Kier molecular flexibility index (Phi) is 4.66. The minimum atomic E-state index is 0.700. The number of ether oxygens (including phenoxy) is 1. The molecule has 0 N–H and O–H groups in total. The van der Waals surface area contributed by atoms with Crippen LogP contribution in [0.4, 0.5) is 0 Å². The molecule has 2 aromatic carbocycles. The van der Waals surface area contributed by atoms with E-state index in [9.17, 15) is 0 Å². The maximum Gasteiger partial charge on any atom is 0.120 e. The molecule has 3 nitrogen and oxygen atoms in total. The third kappa shape index (κ3) is 3.67. The minimum absolute atomic E-state index is 0.700. The van der Waals surface area contributed by atoms with E-state index in [1.165, 1.54) is 35.7 Å². The SMILES string of the molecule is C[C@H]1CCCN1CCOc1ccc2cc(-c3cccnc3)ccc2c1. The van der Waals surface area contributed by atoms with Crippen molar-refractivity contribution in [1.29, 1.82) is 0 Å². The van der Waals surface area contributed by atoms with Gasteiger partial charge in [-0.25, -0.2) is 0 Å². The second-order valence-corrected chi connectivity index (χ2v) is 6.84. The molecule has 0 spiro atoms. The topological polar surface area (TPSA) is 25.4 Å². The van der Waals surface area contributed by atoms with Gasteiger partial charge in [-0.1, -0.05) is 24.3 Å². The molecule has 0 saturated carbocycles. The van der Waals surface area contributed by atoms with Crippen LogP contribution in [0.1, 0.15) is 19.8 Å². The Morgan fingerprint density at radius 2 is 1.96 bits per heavy atom. The van der Waals surface area contributed by atoms with Gasteiger partial charge in [0.1, 0.15) is 12.4 Å². The van der Waals surface area contributed by atoms with Crippen LogP contribution in [0.5, 0.6) is 5.75 Å². The van der Waals surface area contributed by atoms with Crippen molar-refractivity contribution in [2.45, 2.75) is 25.8 Å². The molecule has 1 aliphatic rings. The van der Waals surface area contributed by atoms with Crippen molar-refractivity contribution >= 4 is 10.8 Å². The fourth-order valence-electron chi connectivity index (χ4n) is 3.63. The molecule has 3 heteroatoms. The molecule has 4 rings (SSSR count). The fraction of sp³-hybridized carbons (Fsp3) is 0.318. The van der Waals surface area contributed by atoms with E-state index in [2.05, 4.69) is 59.3 Å². The summed E-state index contributed by atoms with van der Waals surface area (Å²) in [5.41, 5.74) is 2.33. The zero-order valence-electron chi connectivity index (χ0n) is 14.7. The molecule has 2 heterocycles. The largest absolute Gasteiger partial charge is 0.492 e. The van der Waals surface area contributed by atoms with Gasteiger partial charge in [0, 0.05) is 30.5 Å². The Balaban J connectivity index is 1.45. The van der Waals surface area contributed by atoms with Crippen LogP contribution in [0.2, 0.25) is 0 Å². The molecule has 0 radical (unpaired) electrons. The lowest BCUT2D eigenvalue weighted by Crippen LogP contribution is -2.31. The minimum Gasteiger partial charge on any atom is -0.492 e. The van der Waals surface area contributed by atoms with Crippen molar-refractivity contribution in [3.63, 3.8) is 0 Å². The highest BCUT2D eigenvalue weighted by molar-refractivity contribution is 5.88. The van der Waals surface area contributed by atoms with Crippen LogP contribution in [0.25, 0.3) is 21.9 Å². The van der Waals surface area contributed by atoms with E-state index >= 15 is 0 Å². The quantitative estimate of drug-likeness (QED) is 0.673. The summed E-state index contributed by atoms with van der Waals surface area (Å²) < 4.78 is 5.99. The second-order valence-electron chi connectivity index (χ2n) is 6.84. The third-order valence-corrected chi connectivity index (χ3v) is 5.14. The Labute approximate surface area is 149 Å². The van der Waals surface area contributed by atoms with Crippen molar-refractivity contribution in [3.8, 4) is 16.9 Å². The molecule has 0 amide bonds. The molecule has 25 heavy (non-hydrogen) atoms. The van der Waals surface area contributed by atoms with Gasteiger partial charge in [0.2, 0.25) is 0 Å². The second kappa shape index (κ2) is 7.24. The molecule has 1 saturated heterocycles. The van der Waals surface area contributed by atoms with Gasteiger partial charge in [0.05, 0.1) is 0 Å². The standard InChI is InChI=1S/C22H24N2O/c1-17-4-3-11-24(17)12-13-25-22-9-8-18-14-19(6-7-20(18)15-22)21-5-2-10-23-16-21/h2,5-10,14-17H,3-4,11-13H2,1H3/t17-/m0/s1. The Hall–Kier alpha value is -2.39. The molecule has 128 valence electrons. The summed E-state index contributed by atoms with van der Waals surface area (Å²) in [5, 5.41) is 2.43. The van der Waals surface area contributed by atoms with Crippen molar-refractivity contribution in [3.05, 3.63) is 60.9 Å². The summed E-state index contributed by atoms with van der Waals surface area (Å²) in [7, 11) is 0. The van der Waals surface area contributed by atoms with E-state index < -0.39 is 0 Å². The Bertz CT molecular complexity index is 847. The van der Waals surface area contributed by atoms with Crippen LogP contribution in [0, 0.1) is 0 Å². The predicted molar refractivity (Wildman–Crippen MR) is 103 cm³/mol. The van der Waals surface area contributed by atoms with Gasteiger partial charge in [0.25, 0.3) is 0 Å². The van der Waals surface area contributed by atoms with Crippen molar-refractivity contribution in [2.75, 3.05) is 19.7 Å². The number of aromatic nitrogens is 1. The van der Waals surface area contributed by atoms with Crippen LogP contribution in [-0.4, -0.2) is 35.6 Å². The van der Waals surface area contributed by atoms with E-state index in [1.807, 2.05) is 12.3 Å². The lowest BCUT2D eigenvalue weighted by molar-refractivity contribution is 0.205. The number of likely N-dealkylation sites (tertiary alicyclic amines) is 1. The zero-order valence-corrected chi connectivity index (χ0v) is 14.7. The first-order valence-corrected chi connectivity index (χ1v) is 9.11. The van der Waals surface area contributed by atoms with Crippen LogP contribution in [0.15, 0.2) is 60.9 Å². The number of hydrogen-bond donors (Lipinski definition) is 0. The first-order chi connectivity index (χ1) is 12.3. The normalized spacial score (nSPS) is 17.9. The monoisotopic (exact) mass is 332 g/mol. The lowest BCUT2D eigenvalue weighted by atomic mass is 10.0. The average Bonchev–Trinajstić information content (AvgIpc) is 3.07. The molecule has 0 unspecified atom stereocenters. The average molecular weight is 332 g/mol. The number of pyridine rings is 1. The molecular formula is C22H24N2O. The van der Waals surface area contributed by atoms with Gasteiger partial charge in [-0.2, -0.15) is 0 Å². The summed E-state index contributed by atoms with van der Waals surface area (Å²) in [6.45, 7) is 5.28. The first-order valence-electron chi connectivity index (χ1n) is 9.11. The number of hydrogen-bond acceptors (Lipinski definition) is 3. The molecule has 1 atom stereocenters. The van der Waals surface area contributed by atoms with Gasteiger partial charge in [-0.3, -0.25) is 9.88 Å². The molecule has 0 bridgehead atoms. The molecule has 3 aromatic rings. The molecular weight excluding hydrogens is 308 g/mol. The van der Waals surface area contributed by atoms with Gasteiger partial charge in [-0.15, -0.1) is 0 Å². The zero-order chi connectivity index (χ0) is 17.1. The number of rotatable bonds is 5. The van der Waals surface area contributed by atoms with Gasteiger partial charge >= 0.3 is 0 Å². The first kappa shape index (κ1) is 16.1. The van der Waals surface area contributed by atoms with Crippen LogP contribution < -0.4 is 4.74 Å². The van der Waals surface area contributed by atoms with Crippen LogP contribution in [0.3, 0.4) is 0 Å². The lowest BCUT2D eigenvalue weighted by Gasteiger charge is -2.20. The summed E-state index contributed by atoms with van der Waals surface area (Å²) >= 11 is 0. The summed E-state index contributed by atoms with van der Waals surface area (Å²) in [6.07, 6.45) is 6.33. The number of benzene rings is 2. The highest BCUT2D eigenvalue weighted by Gasteiger charge is 2.19. The third-order valence-electron chi connectivity index (χ3n) is 5.14. The van der Waals surface area contributed by atoms with E-state index in [0.717, 1.165) is 24.5 Å². The Morgan fingerprint density at radius 3 is 2.76 bits per heavy atom. The fourth-order valence-corrected chi connectivity index (χ4v) is 3.63. The number of nitrogens with zero attached hydrogens (tertiary/aromatic N) is 2. The van der Waals surface area contributed by atoms with Crippen molar-refractivity contribution in [2.24, 2.45) is 0 Å².